The Morgan fingerprint density at radius 2 is 1.79 bits per heavy atom. The van der Waals surface area contributed by atoms with Crippen LogP contribution in [0.4, 0.5) is 5.69 Å². The van der Waals surface area contributed by atoms with E-state index in [1.165, 1.54) is 19.3 Å². The molecular formula is C20H19NO7S. The zero-order chi connectivity index (χ0) is 21.2. The van der Waals surface area contributed by atoms with E-state index in [4.69, 9.17) is 9.84 Å². The normalized spacial score (nSPS) is 19.2. The fourth-order valence-electron chi connectivity index (χ4n) is 3.09. The second-order valence-electron chi connectivity index (χ2n) is 6.39. The topological polar surface area (TPSA) is 133 Å². The van der Waals surface area contributed by atoms with Crippen LogP contribution < -0.4 is 4.72 Å². The fourth-order valence-corrected chi connectivity index (χ4v) is 4.60. The number of carboxylic acid groups (broad SMARTS) is 1. The molecule has 4 N–H and O–H groups in total. The van der Waals surface area contributed by atoms with Crippen LogP contribution in [0.25, 0.3) is 5.57 Å². The molecule has 0 bridgehead atoms. The van der Waals surface area contributed by atoms with Crippen molar-refractivity contribution in [1.29, 1.82) is 0 Å². The zero-order valence-electron chi connectivity index (χ0n) is 15.4. The molecule has 9 heteroatoms. The third kappa shape index (κ3) is 3.69. The van der Waals surface area contributed by atoms with Gasteiger partial charge in [-0.2, -0.15) is 0 Å². The predicted octanol–water partition coefficient (Wildman–Crippen LogP) is 3.10. The van der Waals surface area contributed by atoms with Gasteiger partial charge in [0.05, 0.1) is 5.69 Å². The number of rotatable bonds is 6. The molecule has 0 spiro atoms. The van der Waals surface area contributed by atoms with Gasteiger partial charge in [0.25, 0.3) is 10.0 Å². The molecule has 1 aliphatic rings. The molecule has 152 valence electrons. The average molecular weight is 417 g/mol. The van der Waals surface area contributed by atoms with Crippen molar-refractivity contribution in [3.05, 3.63) is 77.6 Å². The van der Waals surface area contributed by atoms with Gasteiger partial charge in [0, 0.05) is 19.6 Å². The van der Waals surface area contributed by atoms with E-state index in [2.05, 4.69) is 4.72 Å². The van der Waals surface area contributed by atoms with E-state index in [1.807, 2.05) is 30.3 Å². The van der Waals surface area contributed by atoms with Crippen molar-refractivity contribution < 1.29 is 33.3 Å². The second kappa shape index (κ2) is 7.61. The highest BCUT2D eigenvalue weighted by atomic mass is 32.2. The highest BCUT2D eigenvalue weighted by Gasteiger charge is 2.50. The number of hydrogen-bond donors (Lipinski definition) is 4. The maximum atomic E-state index is 13.2. The number of phenols is 1. The molecule has 0 amide bonds. The molecule has 2 aromatic rings. The molecule has 2 aromatic carbocycles. The number of anilines is 1. The Hall–Kier alpha value is -3.30. The van der Waals surface area contributed by atoms with E-state index in [1.54, 1.807) is 6.08 Å². The zero-order valence-corrected chi connectivity index (χ0v) is 16.2. The first-order chi connectivity index (χ1) is 13.7. The Bertz CT molecular complexity index is 1110. The summed E-state index contributed by atoms with van der Waals surface area (Å²) >= 11 is 0. The first-order valence-corrected chi connectivity index (χ1v) is 9.98. The lowest BCUT2D eigenvalue weighted by atomic mass is 9.94. The predicted molar refractivity (Wildman–Crippen MR) is 107 cm³/mol. The monoisotopic (exact) mass is 417 g/mol. The van der Waals surface area contributed by atoms with Gasteiger partial charge >= 0.3 is 5.97 Å². The van der Waals surface area contributed by atoms with Gasteiger partial charge in [-0.1, -0.05) is 36.4 Å². The summed E-state index contributed by atoms with van der Waals surface area (Å²) in [7, 11) is -3.21. The van der Waals surface area contributed by atoms with E-state index in [0.717, 1.165) is 17.7 Å². The maximum absolute atomic E-state index is 13.2. The lowest BCUT2D eigenvalue weighted by Crippen LogP contribution is -2.47. The Morgan fingerprint density at radius 3 is 2.38 bits per heavy atom. The molecular weight excluding hydrogens is 398 g/mol. The Kier molecular flexibility index (Phi) is 5.36. The van der Waals surface area contributed by atoms with Gasteiger partial charge in [-0.3, -0.25) is 4.72 Å². The number of ether oxygens (including phenoxy) is 1. The van der Waals surface area contributed by atoms with Crippen LogP contribution >= 0.6 is 0 Å². The average Bonchev–Trinajstić information content (AvgIpc) is 2.68. The van der Waals surface area contributed by atoms with Crippen molar-refractivity contribution in [3.8, 4) is 5.75 Å². The van der Waals surface area contributed by atoms with E-state index in [0.29, 0.717) is 5.57 Å². The smallest absolute Gasteiger partial charge is 0.339 e. The van der Waals surface area contributed by atoms with Crippen LogP contribution in [0.5, 0.6) is 5.75 Å². The number of aromatic carboxylic acids is 1. The molecule has 8 nitrogen and oxygen atoms in total. The van der Waals surface area contributed by atoms with Crippen LogP contribution in [-0.4, -0.2) is 41.7 Å². The van der Waals surface area contributed by atoms with E-state index in [-0.39, 0.29) is 17.7 Å². The molecule has 0 saturated carbocycles. The van der Waals surface area contributed by atoms with Crippen LogP contribution in [0.1, 0.15) is 22.3 Å². The largest absolute Gasteiger partial charge is 0.508 e. The second-order valence-corrected chi connectivity index (χ2v) is 8.26. The summed E-state index contributed by atoms with van der Waals surface area (Å²) in [5.41, 5.74) is 0.965. The van der Waals surface area contributed by atoms with Gasteiger partial charge < -0.3 is 20.1 Å². The number of aliphatic hydroxyl groups is 1. The van der Waals surface area contributed by atoms with Crippen LogP contribution in [0, 0.1) is 0 Å². The van der Waals surface area contributed by atoms with Crippen molar-refractivity contribution in [2.45, 2.75) is 11.4 Å². The Balaban J connectivity index is 1.97. The van der Waals surface area contributed by atoms with Crippen LogP contribution in [-0.2, 0) is 14.8 Å². The summed E-state index contributed by atoms with van der Waals surface area (Å²) < 4.78 is 33.9. The SMILES string of the molecule is COC1(S(=O)(=O)Nc2ccc(C(=O)O)c(O)c2)CC(c2ccccc2)=CC=C1O. The fraction of sp³-hybridized carbons (Fsp3) is 0.150. The molecule has 0 heterocycles. The van der Waals surface area contributed by atoms with Crippen LogP contribution in [0.2, 0.25) is 0 Å². The Labute approximate surface area is 167 Å². The molecule has 29 heavy (non-hydrogen) atoms. The minimum Gasteiger partial charge on any atom is -0.508 e. The molecule has 3 rings (SSSR count). The molecule has 1 aliphatic carbocycles. The standard InChI is InChI=1S/C20H19NO7S/c1-28-20(12-14(7-10-18(20)23)13-5-3-2-4-6-13)29(26,27)21-15-8-9-16(19(24)25)17(22)11-15/h2-11,21-23H,12H2,1H3,(H,24,25). The number of sulfonamides is 1. The summed E-state index contributed by atoms with van der Waals surface area (Å²) in [6.07, 6.45) is 2.72. The third-order valence-corrected chi connectivity index (χ3v) is 6.54. The molecule has 0 aromatic heterocycles. The van der Waals surface area contributed by atoms with Gasteiger partial charge in [-0.05, 0) is 29.3 Å². The number of carboxylic acids is 1. The number of carbonyl (C=O) groups is 1. The van der Waals surface area contributed by atoms with Crippen molar-refractivity contribution in [1.82, 2.24) is 0 Å². The summed E-state index contributed by atoms with van der Waals surface area (Å²) in [6.45, 7) is 0. The molecule has 1 unspecified atom stereocenters. The first kappa shape index (κ1) is 20.4. The minimum atomic E-state index is -4.38. The van der Waals surface area contributed by atoms with Gasteiger partial charge in [0.15, 0.2) is 0 Å². The molecule has 0 fully saturated rings. The van der Waals surface area contributed by atoms with Crippen molar-refractivity contribution in [2.24, 2.45) is 0 Å². The van der Waals surface area contributed by atoms with Gasteiger partial charge in [0.2, 0.25) is 4.93 Å². The highest BCUT2D eigenvalue weighted by molar-refractivity contribution is 7.94. The lowest BCUT2D eigenvalue weighted by molar-refractivity contribution is 0.0590. The van der Waals surface area contributed by atoms with Crippen molar-refractivity contribution >= 4 is 27.3 Å². The lowest BCUT2D eigenvalue weighted by Gasteiger charge is -2.34. The molecule has 0 saturated heterocycles. The summed E-state index contributed by atoms with van der Waals surface area (Å²) in [5.74, 6) is -2.45. The number of aliphatic hydroxyl groups excluding tert-OH is 1. The first-order valence-electron chi connectivity index (χ1n) is 8.50. The van der Waals surface area contributed by atoms with Crippen molar-refractivity contribution in [3.63, 3.8) is 0 Å². The van der Waals surface area contributed by atoms with Gasteiger partial charge in [-0.15, -0.1) is 0 Å². The number of methoxy groups -OCH3 is 1. The molecule has 0 radical (unpaired) electrons. The molecule has 0 aliphatic heterocycles. The van der Waals surface area contributed by atoms with Crippen LogP contribution in [0.15, 0.2) is 66.4 Å². The van der Waals surface area contributed by atoms with Gasteiger partial charge in [-0.25, -0.2) is 13.2 Å². The number of benzene rings is 2. The number of allylic oxidation sites excluding steroid dienone is 2. The highest BCUT2D eigenvalue weighted by Crippen LogP contribution is 2.40. The van der Waals surface area contributed by atoms with Crippen molar-refractivity contribution in [2.75, 3.05) is 11.8 Å². The minimum absolute atomic E-state index is 0.0764. The quantitative estimate of drug-likeness (QED) is 0.567. The number of hydrogen-bond acceptors (Lipinski definition) is 6. The molecule has 1 atom stereocenters. The Morgan fingerprint density at radius 1 is 1.10 bits per heavy atom. The van der Waals surface area contributed by atoms with Crippen LogP contribution in [0.3, 0.4) is 0 Å². The summed E-state index contributed by atoms with van der Waals surface area (Å²) in [4.78, 5) is 8.91. The summed E-state index contributed by atoms with van der Waals surface area (Å²) in [5, 5.41) is 29.2. The number of nitrogens with one attached hydrogen (secondary N) is 1. The third-order valence-electron chi connectivity index (χ3n) is 4.64. The number of aromatic hydroxyl groups is 1. The summed E-state index contributed by atoms with van der Waals surface area (Å²) in [6, 6.07) is 12.3. The van der Waals surface area contributed by atoms with Gasteiger partial charge in [0.1, 0.15) is 17.1 Å². The van der Waals surface area contributed by atoms with E-state index < -0.39 is 32.4 Å². The van der Waals surface area contributed by atoms with E-state index in [9.17, 15) is 23.4 Å². The maximum Gasteiger partial charge on any atom is 0.339 e. The van der Waals surface area contributed by atoms with E-state index >= 15 is 0 Å².